The highest BCUT2D eigenvalue weighted by Gasteiger charge is 2.35. The summed E-state index contributed by atoms with van der Waals surface area (Å²) in [6.07, 6.45) is 0.233. The van der Waals surface area contributed by atoms with Gasteiger partial charge in [-0.3, -0.25) is 9.59 Å². The zero-order valence-corrected chi connectivity index (χ0v) is 14.5. The number of ether oxygens (including phenoxy) is 1. The van der Waals surface area contributed by atoms with E-state index in [0.717, 1.165) is 17.0 Å². The van der Waals surface area contributed by atoms with Crippen molar-refractivity contribution in [3.63, 3.8) is 0 Å². The number of hydrogen-bond donors (Lipinski definition) is 1. The second-order valence-electron chi connectivity index (χ2n) is 6.19. The van der Waals surface area contributed by atoms with Crippen LogP contribution in [0, 0.1) is 12.8 Å². The van der Waals surface area contributed by atoms with E-state index < -0.39 is 0 Å². The van der Waals surface area contributed by atoms with Gasteiger partial charge in [-0.25, -0.2) is 0 Å². The van der Waals surface area contributed by atoms with Crippen LogP contribution in [0.15, 0.2) is 48.5 Å². The Kier molecular flexibility index (Phi) is 5.03. The summed E-state index contributed by atoms with van der Waals surface area (Å²) in [7, 11) is 0. The zero-order valence-electron chi connectivity index (χ0n) is 14.5. The molecule has 5 heteroatoms. The van der Waals surface area contributed by atoms with E-state index in [2.05, 4.69) is 5.32 Å². The van der Waals surface area contributed by atoms with E-state index in [4.69, 9.17) is 4.74 Å². The van der Waals surface area contributed by atoms with Crippen molar-refractivity contribution in [2.45, 2.75) is 20.3 Å². The molecule has 0 unspecified atom stereocenters. The lowest BCUT2D eigenvalue weighted by Gasteiger charge is -2.17. The predicted molar refractivity (Wildman–Crippen MR) is 97.9 cm³/mol. The van der Waals surface area contributed by atoms with Crippen LogP contribution in [-0.4, -0.2) is 25.0 Å². The van der Waals surface area contributed by atoms with Gasteiger partial charge in [0.05, 0.1) is 12.5 Å². The quantitative estimate of drug-likeness (QED) is 0.909. The summed E-state index contributed by atoms with van der Waals surface area (Å²) in [6, 6.07) is 15.0. The van der Waals surface area contributed by atoms with Gasteiger partial charge in [0.2, 0.25) is 11.8 Å². The van der Waals surface area contributed by atoms with Crippen molar-refractivity contribution in [3.05, 3.63) is 54.1 Å². The molecule has 1 saturated heterocycles. The summed E-state index contributed by atoms with van der Waals surface area (Å²) < 4.78 is 5.39. The molecule has 2 aromatic rings. The Morgan fingerprint density at radius 1 is 1.24 bits per heavy atom. The lowest BCUT2D eigenvalue weighted by atomic mass is 10.1. The number of benzene rings is 2. The molecule has 3 rings (SSSR count). The van der Waals surface area contributed by atoms with Crippen LogP contribution in [-0.2, 0) is 9.59 Å². The molecule has 5 nitrogen and oxygen atoms in total. The van der Waals surface area contributed by atoms with Crippen molar-refractivity contribution < 1.29 is 14.3 Å². The minimum absolute atomic E-state index is 0.0163. The molecule has 1 N–H and O–H groups in total. The molecule has 0 spiro atoms. The Hall–Kier alpha value is -2.82. The highest BCUT2D eigenvalue weighted by molar-refractivity contribution is 6.03. The Balaban J connectivity index is 1.64. The Bertz CT molecular complexity index is 771. The fraction of sp³-hybridized carbons (Fsp3) is 0.300. The van der Waals surface area contributed by atoms with Crippen LogP contribution in [0.25, 0.3) is 0 Å². The molecule has 0 radical (unpaired) electrons. The molecule has 130 valence electrons. The fourth-order valence-electron chi connectivity index (χ4n) is 2.97. The van der Waals surface area contributed by atoms with Crippen molar-refractivity contribution in [3.8, 4) is 5.75 Å². The largest absolute Gasteiger partial charge is 0.494 e. The topological polar surface area (TPSA) is 58.6 Å². The maximum atomic E-state index is 12.5. The summed E-state index contributed by atoms with van der Waals surface area (Å²) in [5.41, 5.74) is 2.64. The third kappa shape index (κ3) is 3.99. The van der Waals surface area contributed by atoms with Gasteiger partial charge >= 0.3 is 0 Å². The van der Waals surface area contributed by atoms with Gasteiger partial charge in [0.1, 0.15) is 5.75 Å². The number of amides is 2. The van der Waals surface area contributed by atoms with Crippen LogP contribution in [0.4, 0.5) is 11.4 Å². The van der Waals surface area contributed by atoms with Crippen LogP contribution in [0.2, 0.25) is 0 Å². The molecule has 1 aliphatic heterocycles. The van der Waals surface area contributed by atoms with Crippen LogP contribution >= 0.6 is 0 Å². The first-order valence-corrected chi connectivity index (χ1v) is 8.47. The van der Waals surface area contributed by atoms with E-state index in [9.17, 15) is 9.59 Å². The predicted octanol–water partition coefficient (Wildman–Crippen LogP) is 3.39. The second-order valence-corrected chi connectivity index (χ2v) is 6.19. The molecule has 0 bridgehead atoms. The zero-order chi connectivity index (χ0) is 17.8. The molecule has 1 atom stereocenters. The molecule has 1 heterocycles. The number of nitrogens with one attached hydrogen (secondary N) is 1. The van der Waals surface area contributed by atoms with E-state index in [1.807, 2.05) is 50.2 Å². The lowest BCUT2D eigenvalue weighted by Crippen LogP contribution is -2.28. The van der Waals surface area contributed by atoms with E-state index in [0.29, 0.717) is 18.8 Å². The third-order valence-corrected chi connectivity index (χ3v) is 4.24. The van der Waals surface area contributed by atoms with Crippen LogP contribution in [0.1, 0.15) is 18.9 Å². The standard InChI is InChI=1S/C20H22N2O3/c1-3-25-18-9-7-16(8-10-18)21-20(24)15-12-19(23)22(13-15)17-6-4-5-14(2)11-17/h4-11,15H,3,12-13H2,1-2H3,(H,21,24)/t15-/m0/s1. The Morgan fingerprint density at radius 3 is 2.68 bits per heavy atom. The normalized spacial score (nSPS) is 16.8. The minimum Gasteiger partial charge on any atom is -0.494 e. The molecule has 2 aromatic carbocycles. The highest BCUT2D eigenvalue weighted by atomic mass is 16.5. The molecule has 1 fully saturated rings. The van der Waals surface area contributed by atoms with Gasteiger partial charge in [0.25, 0.3) is 0 Å². The maximum absolute atomic E-state index is 12.5. The lowest BCUT2D eigenvalue weighted by molar-refractivity contribution is -0.122. The number of hydrogen-bond acceptors (Lipinski definition) is 3. The number of nitrogens with zero attached hydrogens (tertiary/aromatic N) is 1. The molecular weight excluding hydrogens is 316 g/mol. The summed E-state index contributed by atoms with van der Waals surface area (Å²) in [4.78, 5) is 26.5. The first kappa shape index (κ1) is 17.0. The average Bonchev–Trinajstić information content (AvgIpc) is 2.99. The van der Waals surface area contributed by atoms with Gasteiger partial charge in [-0.1, -0.05) is 12.1 Å². The van der Waals surface area contributed by atoms with Crippen LogP contribution in [0.5, 0.6) is 5.75 Å². The molecule has 2 amide bonds. The van der Waals surface area contributed by atoms with Gasteiger partial charge < -0.3 is 15.0 Å². The Labute approximate surface area is 147 Å². The molecule has 0 aromatic heterocycles. The molecule has 1 aliphatic rings. The van der Waals surface area contributed by atoms with Crippen LogP contribution in [0.3, 0.4) is 0 Å². The van der Waals surface area contributed by atoms with Crippen molar-refractivity contribution in [1.82, 2.24) is 0 Å². The van der Waals surface area contributed by atoms with Gasteiger partial charge in [-0.05, 0) is 55.8 Å². The van der Waals surface area contributed by atoms with E-state index in [-0.39, 0.29) is 24.2 Å². The third-order valence-electron chi connectivity index (χ3n) is 4.24. The number of anilines is 2. The summed E-state index contributed by atoms with van der Waals surface area (Å²) in [5.74, 6) is 0.270. The minimum atomic E-state index is -0.348. The van der Waals surface area contributed by atoms with Crippen molar-refractivity contribution in [2.24, 2.45) is 5.92 Å². The summed E-state index contributed by atoms with van der Waals surface area (Å²) in [6.45, 7) is 4.92. The smallest absolute Gasteiger partial charge is 0.229 e. The Morgan fingerprint density at radius 2 is 2.00 bits per heavy atom. The number of carbonyl (C=O) groups is 2. The first-order valence-electron chi connectivity index (χ1n) is 8.47. The number of carbonyl (C=O) groups excluding carboxylic acids is 2. The number of aryl methyl sites for hydroxylation is 1. The van der Waals surface area contributed by atoms with Crippen molar-refractivity contribution >= 4 is 23.2 Å². The first-order chi connectivity index (χ1) is 12.1. The maximum Gasteiger partial charge on any atom is 0.229 e. The van der Waals surface area contributed by atoms with Gasteiger partial charge in [0, 0.05) is 24.3 Å². The molecule has 25 heavy (non-hydrogen) atoms. The SMILES string of the molecule is CCOc1ccc(NC(=O)[C@H]2CC(=O)N(c3cccc(C)c3)C2)cc1. The summed E-state index contributed by atoms with van der Waals surface area (Å²) >= 11 is 0. The average molecular weight is 338 g/mol. The van der Waals surface area contributed by atoms with Gasteiger partial charge in [-0.2, -0.15) is 0 Å². The van der Waals surface area contributed by atoms with E-state index in [1.54, 1.807) is 17.0 Å². The molecule has 0 saturated carbocycles. The highest BCUT2D eigenvalue weighted by Crippen LogP contribution is 2.27. The summed E-state index contributed by atoms with van der Waals surface area (Å²) in [5, 5.41) is 2.88. The van der Waals surface area contributed by atoms with Gasteiger partial charge in [-0.15, -0.1) is 0 Å². The fourth-order valence-corrected chi connectivity index (χ4v) is 2.97. The number of rotatable bonds is 5. The van der Waals surface area contributed by atoms with Crippen molar-refractivity contribution in [1.29, 1.82) is 0 Å². The van der Waals surface area contributed by atoms with E-state index >= 15 is 0 Å². The monoisotopic (exact) mass is 338 g/mol. The molecular formula is C20H22N2O3. The molecule has 0 aliphatic carbocycles. The van der Waals surface area contributed by atoms with Gasteiger partial charge in [0.15, 0.2) is 0 Å². The van der Waals surface area contributed by atoms with Crippen molar-refractivity contribution in [2.75, 3.05) is 23.4 Å². The second kappa shape index (κ2) is 7.38. The van der Waals surface area contributed by atoms with E-state index in [1.165, 1.54) is 0 Å². The van der Waals surface area contributed by atoms with Crippen LogP contribution < -0.4 is 15.0 Å².